The maximum absolute atomic E-state index is 11.8. The molecule has 0 aromatic rings. The fourth-order valence-corrected chi connectivity index (χ4v) is 3.99. The normalized spacial score (nSPS) is 27.1. The first kappa shape index (κ1) is 12.9. The lowest BCUT2D eigenvalue weighted by molar-refractivity contribution is -0.155. The van der Waals surface area contributed by atoms with Gasteiger partial charge in [-0.25, -0.2) is 0 Å². The molecule has 0 aromatic carbocycles. The zero-order chi connectivity index (χ0) is 12.1. The number of carboxylic acids is 1. The predicted octanol–water partition coefficient (Wildman–Crippen LogP) is 4.38. The van der Waals surface area contributed by atoms with Crippen LogP contribution in [0.2, 0.25) is 0 Å². The number of carbonyl (C=O) groups is 1. The van der Waals surface area contributed by atoms with Crippen LogP contribution in [-0.4, -0.2) is 11.1 Å². The van der Waals surface area contributed by atoms with E-state index in [-0.39, 0.29) is 5.41 Å². The minimum absolute atomic E-state index is 0.360. The van der Waals surface area contributed by atoms with Crippen molar-refractivity contribution in [1.29, 1.82) is 0 Å². The van der Waals surface area contributed by atoms with Crippen molar-refractivity contribution in [2.45, 2.75) is 77.0 Å². The van der Waals surface area contributed by atoms with Gasteiger partial charge in [-0.15, -0.1) is 0 Å². The standard InChI is InChI=1S/C15H26O2/c16-14(17)15(13-9-5-4-6-10-13)11-7-2-1-3-8-12-15/h13H,1-12H2,(H,16,17). The number of carboxylic acid groups (broad SMARTS) is 1. The molecule has 2 aliphatic rings. The Morgan fingerprint density at radius 2 is 1.29 bits per heavy atom. The topological polar surface area (TPSA) is 37.3 Å². The lowest BCUT2D eigenvalue weighted by Gasteiger charge is -2.40. The highest BCUT2D eigenvalue weighted by Crippen LogP contribution is 2.47. The summed E-state index contributed by atoms with van der Waals surface area (Å²) in [6.07, 6.45) is 14.0. The van der Waals surface area contributed by atoms with E-state index in [1.165, 1.54) is 38.5 Å². The van der Waals surface area contributed by atoms with Crippen LogP contribution < -0.4 is 0 Å². The van der Waals surface area contributed by atoms with Gasteiger partial charge >= 0.3 is 5.97 Å². The van der Waals surface area contributed by atoms with Crippen LogP contribution in [-0.2, 0) is 4.79 Å². The molecular weight excluding hydrogens is 212 g/mol. The van der Waals surface area contributed by atoms with Gasteiger partial charge in [0, 0.05) is 0 Å². The van der Waals surface area contributed by atoms with Gasteiger partial charge in [-0.1, -0.05) is 51.4 Å². The van der Waals surface area contributed by atoms with Crippen molar-refractivity contribution >= 4 is 5.97 Å². The summed E-state index contributed by atoms with van der Waals surface area (Å²) in [6, 6.07) is 0. The summed E-state index contributed by atoms with van der Waals surface area (Å²) in [5.74, 6) is -0.0295. The Bertz CT molecular complexity index is 246. The minimum atomic E-state index is -0.494. The molecule has 98 valence electrons. The quantitative estimate of drug-likeness (QED) is 0.775. The highest BCUT2D eigenvalue weighted by molar-refractivity contribution is 5.75. The van der Waals surface area contributed by atoms with E-state index in [9.17, 15) is 9.90 Å². The number of aliphatic carboxylic acids is 1. The molecule has 2 rings (SSSR count). The molecule has 0 bridgehead atoms. The molecule has 0 aromatic heterocycles. The van der Waals surface area contributed by atoms with Gasteiger partial charge in [-0.05, 0) is 31.6 Å². The van der Waals surface area contributed by atoms with E-state index in [0.717, 1.165) is 38.5 Å². The number of rotatable bonds is 2. The van der Waals surface area contributed by atoms with Crippen LogP contribution in [0.15, 0.2) is 0 Å². The van der Waals surface area contributed by atoms with Crippen molar-refractivity contribution in [3.05, 3.63) is 0 Å². The van der Waals surface area contributed by atoms with E-state index in [4.69, 9.17) is 0 Å². The third-order valence-corrected chi connectivity index (χ3v) is 5.06. The van der Waals surface area contributed by atoms with Gasteiger partial charge in [0.1, 0.15) is 0 Å². The van der Waals surface area contributed by atoms with E-state index in [1.807, 2.05) is 0 Å². The molecule has 0 aliphatic heterocycles. The molecule has 2 aliphatic carbocycles. The van der Waals surface area contributed by atoms with Gasteiger partial charge in [-0.3, -0.25) is 4.79 Å². The van der Waals surface area contributed by atoms with Gasteiger partial charge in [-0.2, -0.15) is 0 Å². The van der Waals surface area contributed by atoms with Gasteiger partial charge in [0.05, 0.1) is 5.41 Å². The Hall–Kier alpha value is -0.530. The minimum Gasteiger partial charge on any atom is -0.481 e. The van der Waals surface area contributed by atoms with Crippen molar-refractivity contribution in [2.24, 2.45) is 11.3 Å². The molecule has 0 spiro atoms. The summed E-state index contributed by atoms with van der Waals surface area (Å²) in [6.45, 7) is 0. The lowest BCUT2D eigenvalue weighted by atomic mass is 9.63. The Balaban J connectivity index is 2.12. The number of hydrogen-bond donors (Lipinski definition) is 1. The highest BCUT2D eigenvalue weighted by Gasteiger charge is 2.44. The smallest absolute Gasteiger partial charge is 0.309 e. The van der Waals surface area contributed by atoms with Crippen molar-refractivity contribution < 1.29 is 9.90 Å². The average Bonchev–Trinajstić information content (AvgIpc) is 2.30. The molecule has 2 saturated carbocycles. The van der Waals surface area contributed by atoms with Crippen LogP contribution in [0.25, 0.3) is 0 Å². The summed E-state index contributed by atoms with van der Waals surface area (Å²) >= 11 is 0. The monoisotopic (exact) mass is 238 g/mol. The van der Waals surface area contributed by atoms with Crippen molar-refractivity contribution in [3.8, 4) is 0 Å². The molecule has 0 heterocycles. The van der Waals surface area contributed by atoms with Gasteiger partial charge in [0.25, 0.3) is 0 Å². The average molecular weight is 238 g/mol. The van der Waals surface area contributed by atoms with Gasteiger partial charge < -0.3 is 5.11 Å². The largest absolute Gasteiger partial charge is 0.481 e. The Morgan fingerprint density at radius 1 is 0.824 bits per heavy atom. The number of hydrogen-bond acceptors (Lipinski definition) is 1. The Labute approximate surface area is 105 Å². The predicted molar refractivity (Wildman–Crippen MR) is 69.0 cm³/mol. The maximum Gasteiger partial charge on any atom is 0.309 e. The third-order valence-electron chi connectivity index (χ3n) is 5.06. The van der Waals surface area contributed by atoms with Crippen molar-refractivity contribution in [1.82, 2.24) is 0 Å². The summed E-state index contributed by atoms with van der Waals surface area (Å²) < 4.78 is 0. The van der Waals surface area contributed by atoms with Gasteiger partial charge in [0.2, 0.25) is 0 Å². The van der Waals surface area contributed by atoms with Crippen LogP contribution >= 0.6 is 0 Å². The molecular formula is C15H26O2. The molecule has 0 radical (unpaired) electrons. The first-order chi connectivity index (χ1) is 8.26. The summed E-state index contributed by atoms with van der Waals surface area (Å²) in [5.41, 5.74) is -0.360. The second-order valence-corrected chi connectivity index (χ2v) is 6.06. The van der Waals surface area contributed by atoms with E-state index < -0.39 is 5.97 Å². The maximum atomic E-state index is 11.8. The Morgan fingerprint density at radius 3 is 1.82 bits per heavy atom. The van der Waals surface area contributed by atoms with E-state index in [2.05, 4.69) is 0 Å². The molecule has 2 fully saturated rings. The molecule has 2 heteroatoms. The van der Waals surface area contributed by atoms with Crippen molar-refractivity contribution in [3.63, 3.8) is 0 Å². The first-order valence-corrected chi connectivity index (χ1v) is 7.49. The second-order valence-electron chi connectivity index (χ2n) is 6.06. The molecule has 17 heavy (non-hydrogen) atoms. The van der Waals surface area contributed by atoms with E-state index >= 15 is 0 Å². The summed E-state index contributed by atoms with van der Waals surface area (Å²) in [5, 5.41) is 9.76. The summed E-state index contributed by atoms with van der Waals surface area (Å²) in [4.78, 5) is 11.8. The second kappa shape index (κ2) is 5.88. The zero-order valence-corrected chi connectivity index (χ0v) is 10.9. The summed E-state index contributed by atoms with van der Waals surface area (Å²) in [7, 11) is 0. The van der Waals surface area contributed by atoms with E-state index in [1.54, 1.807) is 0 Å². The molecule has 0 unspecified atom stereocenters. The van der Waals surface area contributed by atoms with E-state index in [0.29, 0.717) is 5.92 Å². The molecule has 1 N–H and O–H groups in total. The molecule has 2 nitrogen and oxygen atoms in total. The zero-order valence-electron chi connectivity index (χ0n) is 10.9. The lowest BCUT2D eigenvalue weighted by Crippen LogP contribution is -2.40. The fraction of sp³-hybridized carbons (Fsp3) is 0.933. The Kier molecular flexibility index (Phi) is 4.47. The molecule has 0 saturated heterocycles. The fourth-order valence-electron chi connectivity index (χ4n) is 3.99. The van der Waals surface area contributed by atoms with Crippen molar-refractivity contribution in [2.75, 3.05) is 0 Å². The highest BCUT2D eigenvalue weighted by atomic mass is 16.4. The van der Waals surface area contributed by atoms with Crippen LogP contribution in [0.5, 0.6) is 0 Å². The third kappa shape index (κ3) is 2.83. The van der Waals surface area contributed by atoms with Gasteiger partial charge in [0.15, 0.2) is 0 Å². The molecule has 0 atom stereocenters. The SMILES string of the molecule is O=C(O)C1(C2CCCCC2)CCCCCCC1. The molecule has 0 amide bonds. The van der Waals surface area contributed by atoms with Crippen LogP contribution in [0.3, 0.4) is 0 Å². The van der Waals surface area contributed by atoms with Crippen LogP contribution in [0, 0.1) is 11.3 Å². The first-order valence-electron chi connectivity index (χ1n) is 7.49. The van der Waals surface area contributed by atoms with Crippen LogP contribution in [0.4, 0.5) is 0 Å². The van der Waals surface area contributed by atoms with Crippen LogP contribution in [0.1, 0.15) is 77.0 Å².